The Morgan fingerprint density at radius 1 is 1.36 bits per heavy atom. The number of hydrogen-bond donors (Lipinski definition) is 0. The number of hydrogen-bond acceptors (Lipinski definition) is 5. The van der Waals surface area contributed by atoms with Gasteiger partial charge in [-0.25, -0.2) is 8.42 Å². The van der Waals surface area contributed by atoms with Crippen LogP contribution in [0.2, 0.25) is 0 Å². The lowest BCUT2D eigenvalue weighted by molar-refractivity contribution is 0.327. The van der Waals surface area contributed by atoms with Crippen molar-refractivity contribution in [2.75, 3.05) is 7.11 Å². The fourth-order valence-electron chi connectivity index (χ4n) is 2.52. The highest BCUT2D eigenvalue weighted by Gasteiger charge is 2.43. The Morgan fingerprint density at radius 3 is 2.73 bits per heavy atom. The van der Waals surface area contributed by atoms with Gasteiger partial charge >= 0.3 is 0 Å². The topological polar surface area (TPSA) is 59.5 Å². The van der Waals surface area contributed by atoms with E-state index in [0.717, 1.165) is 18.5 Å². The molecule has 1 atom stereocenters. The second kappa shape index (κ2) is 5.98. The zero-order valence-electron chi connectivity index (χ0n) is 12.5. The van der Waals surface area contributed by atoms with Crippen molar-refractivity contribution in [2.45, 2.75) is 36.1 Å². The zero-order chi connectivity index (χ0) is 15.7. The number of ether oxygens (including phenoxy) is 1. The van der Waals surface area contributed by atoms with E-state index in [2.05, 4.69) is 4.98 Å². The summed E-state index contributed by atoms with van der Waals surface area (Å²) in [5, 5.41) is 1.74. The lowest BCUT2D eigenvalue weighted by atomic mass is 10.2. The third kappa shape index (κ3) is 2.76. The Labute approximate surface area is 134 Å². The van der Waals surface area contributed by atoms with Crippen LogP contribution in [0.5, 0.6) is 5.75 Å². The van der Waals surface area contributed by atoms with Crippen molar-refractivity contribution in [1.82, 2.24) is 9.29 Å². The quantitative estimate of drug-likeness (QED) is 0.812. The molecule has 0 bridgehead atoms. The van der Waals surface area contributed by atoms with Gasteiger partial charge in [0, 0.05) is 12.2 Å². The van der Waals surface area contributed by atoms with Crippen molar-refractivity contribution in [1.29, 1.82) is 0 Å². The Kier molecular flexibility index (Phi) is 4.20. The second-order valence-corrected chi connectivity index (χ2v) is 8.23. The molecule has 0 aromatic carbocycles. The summed E-state index contributed by atoms with van der Waals surface area (Å²) in [6.45, 7) is 1.89. The highest BCUT2D eigenvalue weighted by molar-refractivity contribution is 7.91. The number of methoxy groups -OCH3 is 1. The van der Waals surface area contributed by atoms with Crippen molar-refractivity contribution >= 4 is 21.4 Å². The third-order valence-electron chi connectivity index (χ3n) is 3.73. The van der Waals surface area contributed by atoms with Crippen LogP contribution in [0, 0.1) is 0 Å². The zero-order valence-corrected chi connectivity index (χ0v) is 14.1. The average molecular weight is 338 g/mol. The standard InChI is InChI=1S/C15H18N2O3S2/c1-11(13-5-3-4-9-16-13)17(12-6-7-12)22(18,19)15-14(20-2)8-10-21-15/h3-5,8-12H,6-7H2,1-2H3/t11-/m0/s1. The molecule has 2 aromatic rings. The largest absolute Gasteiger partial charge is 0.494 e. The van der Waals surface area contributed by atoms with Crippen LogP contribution in [0.4, 0.5) is 0 Å². The van der Waals surface area contributed by atoms with Crippen LogP contribution in [0.15, 0.2) is 40.1 Å². The van der Waals surface area contributed by atoms with Crippen molar-refractivity contribution in [2.24, 2.45) is 0 Å². The van der Waals surface area contributed by atoms with E-state index in [1.54, 1.807) is 21.9 Å². The first-order valence-corrected chi connectivity index (χ1v) is 9.43. The first kappa shape index (κ1) is 15.5. The van der Waals surface area contributed by atoms with Gasteiger partial charge in [0.2, 0.25) is 0 Å². The number of pyridine rings is 1. The van der Waals surface area contributed by atoms with Gasteiger partial charge in [0.25, 0.3) is 10.0 Å². The lowest BCUT2D eigenvalue weighted by Crippen LogP contribution is -2.35. The molecule has 2 heterocycles. The Hall–Kier alpha value is -1.44. The third-order valence-corrected chi connectivity index (χ3v) is 7.18. The van der Waals surface area contributed by atoms with Crippen molar-refractivity contribution < 1.29 is 13.2 Å². The molecule has 1 aliphatic carbocycles. The Morgan fingerprint density at radius 2 is 2.14 bits per heavy atom. The number of sulfonamides is 1. The first-order valence-electron chi connectivity index (χ1n) is 7.11. The van der Waals surface area contributed by atoms with E-state index in [1.807, 2.05) is 25.1 Å². The van der Waals surface area contributed by atoms with Crippen molar-refractivity contribution in [3.8, 4) is 5.75 Å². The van der Waals surface area contributed by atoms with Crippen molar-refractivity contribution in [3.05, 3.63) is 41.5 Å². The van der Waals surface area contributed by atoms with E-state index in [-0.39, 0.29) is 16.3 Å². The van der Waals surface area contributed by atoms with Crippen LogP contribution in [-0.4, -0.2) is 30.9 Å². The van der Waals surface area contributed by atoms with Gasteiger partial charge in [-0.05, 0) is 43.3 Å². The summed E-state index contributed by atoms with van der Waals surface area (Å²) in [5.41, 5.74) is 0.758. The number of nitrogens with zero attached hydrogens (tertiary/aromatic N) is 2. The molecule has 7 heteroatoms. The predicted molar refractivity (Wildman–Crippen MR) is 85.6 cm³/mol. The van der Waals surface area contributed by atoms with Crippen LogP contribution in [0.3, 0.4) is 0 Å². The molecule has 0 aliphatic heterocycles. The number of thiophene rings is 1. The van der Waals surface area contributed by atoms with Gasteiger partial charge in [0.1, 0.15) is 5.75 Å². The summed E-state index contributed by atoms with van der Waals surface area (Å²) in [5.74, 6) is 0.406. The first-order chi connectivity index (χ1) is 10.6. The van der Waals surface area contributed by atoms with E-state index < -0.39 is 10.0 Å². The van der Waals surface area contributed by atoms with Crippen molar-refractivity contribution in [3.63, 3.8) is 0 Å². The highest BCUT2D eigenvalue weighted by Crippen LogP contribution is 2.42. The normalized spacial score (nSPS) is 16.7. The molecule has 2 aromatic heterocycles. The van der Waals surface area contributed by atoms with Crippen LogP contribution in [-0.2, 0) is 10.0 Å². The highest BCUT2D eigenvalue weighted by atomic mass is 32.2. The molecule has 0 spiro atoms. The summed E-state index contributed by atoms with van der Waals surface area (Å²) >= 11 is 1.19. The lowest BCUT2D eigenvalue weighted by Gasteiger charge is -2.27. The molecule has 118 valence electrons. The van der Waals surface area contributed by atoms with E-state index in [0.29, 0.717) is 5.75 Å². The van der Waals surface area contributed by atoms with Crippen LogP contribution >= 0.6 is 11.3 Å². The molecule has 0 amide bonds. The van der Waals surface area contributed by atoms with Crippen LogP contribution in [0.25, 0.3) is 0 Å². The van der Waals surface area contributed by atoms with E-state index in [9.17, 15) is 8.42 Å². The molecule has 0 saturated heterocycles. The summed E-state index contributed by atoms with van der Waals surface area (Å²) in [6, 6.07) is 7.01. The SMILES string of the molecule is COc1ccsc1S(=O)(=O)N(C1CC1)[C@@H](C)c1ccccn1. The summed E-state index contributed by atoms with van der Waals surface area (Å²) in [6.07, 6.45) is 3.48. The number of aromatic nitrogens is 1. The van der Waals surface area contributed by atoms with E-state index in [1.165, 1.54) is 18.4 Å². The number of rotatable bonds is 6. The summed E-state index contributed by atoms with van der Waals surface area (Å²) < 4.78 is 33.2. The Balaban J connectivity index is 2.01. The van der Waals surface area contributed by atoms with E-state index in [4.69, 9.17) is 4.74 Å². The van der Waals surface area contributed by atoms with Crippen LogP contribution in [0.1, 0.15) is 31.5 Å². The minimum atomic E-state index is -3.60. The fraction of sp³-hybridized carbons (Fsp3) is 0.400. The van der Waals surface area contributed by atoms with Gasteiger partial charge in [-0.3, -0.25) is 4.98 Å². The predicted octanol–water partition coefficient (Wildman–Crippen LogP) is 3.07. The monoisotopic (exact) mass is 338 g/mol. The van der Waals surface area contributed by atoms with Gasteiger partial charge in [0.05, 0.1) is 18.8 Å². The second-order valence-electron chi connectivity index (χ2n) is 5.27. The van der Waals surface area contributed by atoms with Gasteiger partial charge in [-0.15, -0.1) is 11.3 Å². The molecular weight excluding hydrogens is 320 g/mol. The minimum Gasteiger partial charge on any atom is -0.494 e. The molecule has 0 radical (unpaired) electrons. The molecule has 0 N–H and O–H groups in total. The van der Waals surface area contributed by atoms with Gasteiger partial charge in [0.15, 0.2) is 4.21 Å². The molecule has 3 rings (SSSR count). The maximum absolute atomic E-state index is 13.1. The maximum atomic E-state index is 13.1. The van der Waals surface area contributed by atoms with E-state index >= 15 is 0 Å². The molecular formula is C15H18N2O3S2. The fourth-order valence-corrected chi connectivity index (χ4v) is 5.74. The van der Waals surface area contributed by atoms with Crippen LogP contribution < -0.4 is 4.74 Å². The Bertz CT molecular complexity index is 739. The van der Waals surface area contributed by atoms with Gasteiger partial charge in [-0.1, -0.05) is 6.07 Å². The molecule has 1 saturated carbocycles. The maximum Gasteiger partial charge on any atom is 0.257 e. The summed E-state index contributed by atoms with van der Waals surface area (Å²) in [4.78, 5) is 4.31. The average Bonchev–Trinajstić information content (AvgIpc) is 3.21. The molecule has 0 unspecified atom stereocenters. The minimum absolute atomic E-state index is 0.0498. The van der Waals surface area contributed by atoms with Gasteiger partial charge < -0.3 is 4.74 Å². The molecule has 1 fully saturated rings. The molecule has 22 heavy (non-hydrogen) atoms. The smallest absolute Gasteiger partial charge is 0.257 e. The summed E-state index contributed by atoms with van der Waals surface area (Å²) in [7, 11) is -2.11. The molecule has 1 aliphatic rings. The van der Waals surface area contributed by atoms with Gasteiger partial charge in [-0.2, -0.15) is 4.31 Å². The molecule has 5 nitrogen and oxygen atoms in total.